The van der Waals surface area contributed by atoms with Crippen LogP contribution in [0, 0.1) is 0 Å². The Morgan fingerprint density at radius 2 is 2.35 bits per heavy atom. The monoisotopic (exact) mass is 248 g/mol. The molecule has 0 unspecified atom stereocenters. The van der Waals surface area contributed by atoms with Crippen LogP contribution in [0.1, 0.15) is 5.56 Å². The number of para-hydroxylation sites is 1. The number of thioether (sulfide) groups is 1. The lowest BCUT2D eigenvalue weighted by Gasteiger charge is -2.08. The molecule has 1 aliphatic rings. The molecule has 0 fully saturated rings. The van der Waals surface area contributed by atoms with Crippen molar-refractivity contribution in [3.63, 3.8) is 0 Å². The fraction of sp³-hybridized carbons (Fsp3) is 0.364. The van der Waals surface area contributed by atoms with Crippen LogP contribution in [0.2, 0.25) is 0 Å². The Morgan fingerprint density at radius 3 is 3.12 bits per heavy atom. The molecule has 0 N–H and O–H groups in total. The molecule has 0 aliphatic carbocycles. The minimum absolute atomic E-state index is 0.217. The van der Waals surface area contributed by atoms with Crippen LogP contribution in [0.4, 0.5) is 0 Å². The molecule has 0 saturated carbocycles. The summed E-state index contributed by atoms with van der Waals surface area (Å²) in [5, 5.41) is 12.2. The molecule has 0 saturated heterocycles. The van der Waals surface area contributed by atoms with E-state index in [0.29, 0.717) is 0 Å². The van der Waals surface area contributed by atoms with Crippen LogP contribution in [-0.2, 0) is 13.5 Å². The van der Waals surface area contributed by atoms with Gasteiger partial charge in [-0.2, -0.15) is 0 Å². The summed E-state index contributed by atoms with van der Waals surface area (Å²) in [5.74, 6) is 1.87. The van der Waals surface area contributed by atoms with Crippen molar-refractivity contribution in [2.75, 3.05) is 5.75 Å². The zero-order valence-electron chi connectivity index (χ0n) is 9.41. The maximum absolute atomic E-state index is 5.85. The van der Waals surface area contributed by atoms with Gasteiger partial charge in [-0.25, -0.2) is 4.68 Å². The van der Waals surface area contributed by atoms with Gasteiger partial charge in [0.2, 0.25) is 5.16 Å². The smallest absolute Gasteiger partial charge is 0.209 e. The molecule has 1 aliphatic heterocycles. The first-order valence-electron chi connectivity index (χ1n) is 5.42. The van der Waals surface area contributed by atoms with Crippen LogP contribution < -0.4 is 4.74 Å². The number of tetrazole rings is 1. The molecule has 88 valence electrons. The minimum Gasteiger partial charge on any atom is -0.489 e. The fourth-order valence-corrected chi connectivity index (χ4v) is 2.70. The summed E-state index contributed by atoms with van der Waals surface area (Å²) in [6.07, 6.45) is 1.18. The normalized spacial score (nSPS) is 17.8. The van der Waals surface area contributed by atoms with Gasteiger partial charge in [-0.1, -0.05) is 30.0 Å². The number of fused-ring (bicyclic) bond motifs is 1. The average molecular weight is 248 g/mol. The number of hydrogen-bond donors (Lipinski definition) is 0. The summed E-state index contributed by atoms with van der Waals surface area (Å²) in [4.78, 5) is 0. The number of nitrogens with zero attached hydrogens (tertiary/aromatic N) is 4. The maximum atomic E-state index is 5.85. The Kier molecular flexibility index (Phi) is 2.72. The van der Waals surface area contributed by atoms with E-state index in [4.69, 9.17) is 4.74 Å². The Balaban J connectivity index is 1.61. The van der Waals surface area contributed by atoms with E-state index in [2.05, 4.69) is 21.6 Å². The fourth-order valence-electron chi connectivity index (χ4n) is 1.86. The zero-order chi connectivity index (χ0) is 11.7. The van der Waals surface area contributed by atoms with E-state index >= 15 is 0 Å². The number of benzene rings is 1. The standard InChI is InChI=1S/C11H12N4OS/c1-15-11(12-13-14-15)17-7-9-6-8-4-2-3-5-10(8)16-9/h2-5,9H,6-7H2,1H3/t9-/m0/s1. The number of aromatic nitrogens is 4. The van der Waals surface area contributed by atoms with Crippen LogP contribution in [0.5, 0.6) is 5.75 Å². The maximum Gasteiger partial charge on any atom is 0.209 e. The Hall–Kier alpha value is -1.56. The third-order valence-corrected chi connectivity index (χ3v) is 3.84. The van der Waals surface area contributed by atoms with Crippen LogP contribution in [-0.4, -0.2) is 32.1 Å². The highest BCUT2D eigenvalue weighted by atomic mass is 32.2. The van der Waals surface area contributed by atoms with Gasteiger partial charge in [0.05, 0.1) is 0 Å². The van der Waals surface area contributed by atoms with E-state index in [0.717, 1.165) is 23.1 Å². The first-order valence-corrected chi connectivity index (χ1v) is 6.41. The van der Waals surface area contributed by atoms with E-state index < -0.39 is 0 Å². The Labute approximate surface area is 103 Å². The molecule has 5 nitrogen and oxygen atoms in total. The first kappa shape index (κ1) is 10.6. The molecule has 0 bridgehead atoms. The van der Waals surface area contributed by atoms with Gasteiger partial charge in [0.1, 0.15) is 11.9 Å². The summed E-state index contributed by atoms with van der Waals surface area (Å²) in [5.41, 5.74) is 1.29. The molecule has 0 spiro atoms. The lowest BCUT2D eigenvalue weighted by Crippen LogP contribution is -2.16. The molecule has 0 radical (unpaired) electrons. The third kappa shape index (κ3) is 2.12. The van der Waals surface area contributed by atoms with Crippen molar-refractivity contribution in [2.24, 2.45) is 7.05 Å². The van der Waals surface area contributed by atoms with Crippen molar-refractivity contribution in [2.45, 2.75) is 17.7 Å². The largest absolute Gasteiger partial charge is 0.489 e. The molecule has 3 rings (SSSR count). The molecule has 17 heavy (non-hydrogen) atoms. The number of ether oxygens (including phenoxy) is 1. The van der Waals surface area contributed by atoms with Crippen LogP contribution in [0.15, 0.2) is 29.4 Å². The molecular formula is C11H12N4OS. The Bertz CT molecular complexity index is 503. The lowest BCUT2D eigenvalue weighted by molar-refractivity contribution is 0.259. The highest BCUT2D eigenvalue weighted by Gasteiger charge is 2.22. The van der Waals surface area contributed by atoms with Crippen molar-refractivity contribution in [1.29, 1.82) is 0 Å². The summed E-state index contributed by atoms with van der Waals surface area (Å²) in [6.45, 7) is 0. The molecule has 0 amide bonds. The predicted octanol–water partition coefficient (Wildman–Crippen LogP) is 1.31. The molecular weight excluding hydrogens is 236 g/mol. The number of rotatable bonds is 3. The summed E-state index contributed by atoms with van der Waals surface area (Å²) in [6, 6.07) is 8.18. The second kappa shape index (κ2) is 4.37. The highest BCUT2D eigenvalue weighted by Crippen LogP contribution is 2.30. The minimum atomic E-state index is 0.217. The van der Waals surface area contributed by atoms with Crippen LogP contribution in [0.3, 0.4) is 0 Å². The second-order valence-corrected chi connectivity index (χ2v) is 4.93. The van der Waals surface area contributed by atoms with Crippen LogP contribution >= 0.6 is 11.8 Å². The van der Waals surface area contributed by atoms with Crippen molar-refractivity contribution < 1.29 is 4.74 Å². The van der Waals surface area contributed by atoms with Gasteiger partial charge in [0.25, 0.3) is 0 Å². The van der Waals surface area contributed by atoms with Crippen molar-refractivity contribution in [1.82, 2.24) is 20.2 Å². The summed E-state index contributed by atoms with van der Waals surface area (Å²) >= 11 is 1.62. The number of aryl methyl sites for hydroxylation is 1. The van der Waals surface area contributed by atoms with Gasteiger partial charge in [0.15, 0.2) is 0 Å². The highest BCUT2D eigenvalue weighted by molar-refractivity contribution is 7.99. The lowest BCUT2D eigenvalue weighted by atomic mass is 10.1. The van der Waals surface area contributed by atoms with Gasteiger partial charge in [-0.3, -0.25) is 0 Å². The topological polar surface area (TPSA) is 52.8 Å². The van der Waals surface area contributed by atoms with Gasteiger partial charge in [-0.05, 0) is 22.1 Å². The van der Waals surface area contributed by atoms with Gasteiger partial charge in [0, 0.05) is 19.2 Å². The quantitative estimate of drug-likeness (QED) is 0.766. The molecule has 1 aromatic heterocycles. The van der Waals surface area contributed by atoms with Crippen LogP contribution in [0.25, 0.3) is 0 Å². The average Bonchev–Trinajstić information content (AvgIpc) is 2.92. The molecule has 2 heterocycles. The predicted molar refractivity (Wildman–Crippen MR) is 64.1 cm³/mol. The number of hydrogen-bond acceptors (Lipinski definition) is 5. The second-order valence-electron chi connectivity index (χ2n) is 3.95. The summed E-state index contributed by atoms with van der Waals surface area (Å²) < 4.78 is 7.52. The van der Waals surface area contributed by atoms with Gasteiger partial charge < -0.3 is 4.74 Å². The Morgan fingerprint density at radius 1 is 1.47 bits per heavy atom. The van der Waals surface area contributed by atoms with Gasteiger partial charge >= 0.3 is 0 Å². The van der Waals surface area contributed by atoms with E-state index in [-0.39, 0.29) is 6.10 Å². The van der Waals surface area contributed by atoms with E-state index in [1.807, 2.05) is 25.2 Å². The van der Waals surface area contributed by atoms with Gasteiger partial charge in [-0.15, -0.1) is 5.10 Å². The van der Waals surface area contributed by atoms with E-state index in [1.165, 1.54) is 5.56 Å². The molecule has 6 heteroatoms. The van der Waals surface area contributed by atoms with Crippen molar-refractivity contribution in [3.8, 4) is 5.75 Å². The molecule has 1 aromatic carbocycles. The van der Waals surface area contributed by atoms with Crippen molar-refractivity contribution in [3.05, 3.63) is 29.8 Å². The third-order valence-electron chi connectivity index (χ3n) is 2.69. The van der Waals surface area contributed by atoms with E-state index in [9.17, 15) is 0 Å². The SMILES string of the molecule is Cn1nnnc1SC[C@@H]1Cc2ccccc2O1. The molecule has 2 aromatic rings. The molecule has 1 atom stereocenters. The van der Waals surface area contributed by atoms with E-state index in [1.54, 1.807) is 16.4 Å². The summed E-state index contributed by atoms with van der Waals surface area (Å²) in [7, 11) is 1.84. The first-order chi connectivity index (χ1) is 8.33. The zero-order valence-corrected chi connectivity index (χ0v) is 10.2. The van der Waals surface area contributed by atoms with Crippen molar-refractivity contribution >= 4 is 11.8 Å².